The number of para-hydroxylation sites is 2. The first-order valence-electron chi connectivity index (χ1n) is 13.7. The van der Waals surface area contributed by atoms with Gasteiger partial charge in [0.2, 0.25) is 12.1 Å². The molecule has 3 aromatic rings. The van der Waals surface area contributed by atoms with Crippen LogP contribution in [0, 0.1) is 0 Å². The zero-order chi connectivity index (χ0) is 29.5. The van der Waals surface area contributed by atoms with Crippen LogP contribution in [0.2, 0.25) is 0 Å². The standard InChI is InChI=1S/C31H34N6O5/c1-35(23-10-4-3-5-11-23)28(38)21-37-27-14-7-6-13-25(27)26(20-36-15-17-42-18-16-36)33-29(30(37)39)34-31(40)32-22-9-8-12-24(19-22)41-2/h3-14,19,29H,15-18,20-21H2,1-2H3,(H2,32,34,40)/t29-/m0/s1. The van der Waals surface area contributed by atoms with Gasteiger partial charge in [-0.05, 0) is 30.3 Å². The number of hydrogen-bond donors (Lipinski definition) is 2. The summed E-state index contributed by atoms with van der Waals surface area (Å²) in [6.45, 7) is 2.85. The molecule has 0 aromatic heterocycles. The van der Waals surface area contributed by atoms with Crippen molar-refractivity contribution in [3.8, 4) is 5.75 Å². The number of likely N-dealkylation sites (N-methyl/N-ethyl adjacent to an activating group) is 1. The molecule has 218 valence electrons. The van der Waals surface area contributed by atoms with E-state index in [0.717, 1.165) is 5.56 Å². The van der Waals surface area contributed by atoms with Crippen LogP contribution < -0.4 is 25.2 Å². The number of urea groups is 1. The first-order valence-corrected chi connectivity index (χ1v) is 13.7. The van der Waals surface area contributed by atoms with E-state index in [-0.39, 0.29) is 12.5 Å². The average molecular weight is 571 g/mol. The molecule has 2 aliphatic heterocycles. The van der Waals surface area contributed by atoms with E-state index in [2.05, 4.69) is 15.5 Å². The summed E-state index contributed by atoms with van der Waals surface area (Å²) in [7, 11) is 3.21. The lowest BCUT2D eigenvalue weighted by Gasteiger charge is -2.28. The van der Waals surface area contributed by atoms with E-state index in [1.807, 2.05) is 48.5 Å². The van der Waals surface area contributed by atoms with Crippen molar-refractivity contribution in [1.82, 2.24) is 10.2 Å². The van der Waals surface area contributed by atoms with Gasteiger partial charge in [0.1, 0.15) is 12.3 Å². The number of anilines is 3. The number of carbonyl (C=O) groups is 3. The summed E-state index contributed by atoms with van der Waals surface area (Å²) < 4.78 is 10.7. The van der Waals surface area contributed by atoms with Crippen LogP contribution in [0.4, 0.5) is 21.9 Å². The maximum absolute atomic E-state index is 14.1. The topological polar surface area (TPSA) is 116 Å². The van der Waals surface area contributed by atoms with Crippen LogP contribution in [0.1, 0.15) is 5.56 Å². The fourth-order valence-corrected chi connectivity index (χ4v) is 4.88. The number of rotatable bonds is 8. The number of nitrogens with one attached hydrogen (secondary N) is 2. The van der Waals surface area contributed by atoms with Gasteiger partial charge in [0, 0.05) is 49.7 Å². The van der Waals surface area contributed by atoms with Gasteiger partial charge in [0.15, 0.2) is 0 Å². The minimum atomic E-state index is -1.27. The van der Waals surface area contributed by atoms with Crippen molar-refractivity contribution in [2.24, 2.45) is 4.99 Å². The van der Waals surface area contributed by atoms with Gasteiger partial charge in [-0.1, -0.05) is 42.5 Å². The molecule has 0 spiro atoms. The zero-order valence-corrected chi connectivity index (χ0v) is 23.7. The molecule has 2 heterocycles. The van der Waals surface area contributed by atoms with Gasteiger partial charge in [-0.15, -0.1) is 0 Å². The Balaban J connectivity index is 1.45. The van der Waals surface area contributed by atoms with Crippen molar-refractivity contribution in [2.75, 3.05) is 68.7 Å². The van der Waals surface area contributed by atoms with Crippen molar-refractivity contribution in [2.45, 2.75) is 6.17 Å². The molecule has 4 amide bonds. The van der Waals surface area contributed by atoms with E-state index in [9.17, 15) is 14.4 Å². The average Bonchev–Trinajstić information content (AvgIpc) is 3.12. The molecule has 0 bridgehead atoms. The summed E-state index contributed by atoms with van der Waals surface area (Å²) in [6, 6.07) is 22.9. The molecule has 42 heavy (non-hydrogen) atoms. The highest BCUT2D eigenvalue weighted by molar-refractivity contribution is 6.16. The minimum Gasteiger partial charge on any atom is -0.497 e. The van der Waals surface area contributed by atoms with Gasteiger partial charge in [-0.25, -0.2) is 4.79 Å². The second-order valence-corrected chi connectivity index (χ2v) is 9.93. The number of hydrogen-bond acceptors (Lipinski definition) is 7. The van der Waals surface area contributed by atoms with Gasteiger partial charge in [-0.2, -0.15) is 0 Å². The Labute approximate surface area is 244 Å². The molecule has 0 aliphatic carbocycles. The summed E-state index contributed by atoms with van der Waals surface area (Å²) in [5.41, 5.74) is 3.12. The molecule has 5 rings (SSSR count). The second-order valence-electron chi connectivity index (χ2n) is 9.93. The van der Waals surface area contributed by atoms with Gasteiger partial charge in [0.25, 0.3) is 5.91 Å². The number of amides is 4. The van der Waals surface area contributed by atoms with Crippen LogP contribution in [0.15, 0.2) is 83.9 Å². The van der Waals surface area contributed by atoms with Crippen LogP contribution in [0.25, 0.3) is 0 Å². The molecule has 2 aliphatic rings. The van der Waals surface area contributed by atoms with Crippen molar-refractivity contribution in [1.29, 1.82) is 0 Å². The molecule has 11 heteroatoms. The number of benzene rings is 3. The van der Waals surface area contributed by atoms with Crippen LogP contribution in [-0.2, 0) is 14.3 Å². The van der Waals surface area contributed by atoms with E-state index in [4.69, 9.17) is 14.5 Å². The lowest BCUT2D eigenvalue weighted by molar-refractivity contribution is -0.123. The van der Waals surface area contributed by atoms with Crippen LogP contribution in [0.3, 0.4) is 0 Å². The van der Waals surface area contributed by atoms with Crippen molar-refractivity contribution in [3.63, 3.8) is 0 Å². The van der Waals surface area contributed by atoms with Crippen LogP contribution in [0.5, 0.6) is 5.75 Å². The number of benzodiazepines with no additional fused rings is 1. The van der Waals surface area contributed by atoms with E-state index < -0.39 is 18.1 Å². The summed E-state index contributed by atoms with van der Waals surface area (Å²) in [5, 5.41) is 5.47. The van der Waals surface area contributed by atoms with Gasteiger partial charge in [-0.3, -0.25) is 24.4 Å². The summed E-state index contributed by atoms with van der Waals surface area (Å²) >= 11 is 0. The molecule has 1 saturated heterocycles. The molecule has 2 N–H and O–H groups in total. The number of methoxy groups -OCH3 is 1. The minimum absolute atomic E-state index is 0.239. The summed E-state index contributed by atoms with van der Waals surface area (Å²) in [6.07, 6.45) is -1.27. The van der Waals surface area contributed by atoms with Crippen LogP contribution >= 0.6 is 0 Å². The Morgan fingerprint density at radius 3 is 2.52 bits per heavy atom. The van der Waals surface area contributed by atoms with E-state index in [1.54, 1.807) is 37.4 Å². The Morgan fingerprint density at radius 1 is 1.02 bits per heavy atom. The Hall–Kier alpha value is -4.74. The molecule has 3 aromatic carbocycles. The SMILES string of the molecule is COc1cccc(NC(=O)N[C@@H]2N=C(CN3CCOCC3)c3ccccc3N(CC(=O)N(C)c3ccccc3)C2=O)c1. The molecule has 1 atom stereocenters. The van der Waals surface area contributed by atoms with Crippen molar-refractivity contribution >= 4 is 40.6 Å². The molecule has 0 unspecified atom stereocenters. The predicted octanol–water partition coefficient (Wildman–Crippen LogP) is 2.97. The summed E-state index contributed by atoms with van der Waals surface area (Å²) in [4.78, 5) is 50.6. The highest BCUT2D eigenvalue weighted by atomic mass is 16.5. The van der Waals surface area contributed by atoms with E-state index in [0.29, 0.717) is 61.4 Å². The van der Waals surface area contributed by atoms with E-state index >= 15 is 0 Å². The Morgan fingerprint density at radius 2 is 1.76 bits per heavy atom. The Bertz CT molecular complexity index is 1460. The number of ether oxygens (including phenoxy) is 2. The monoisotopic (exact) mass is 570 g/mol. The molecule has 11 nitrogen and oxygen atoms in total. The van der Waals surface area contributed by atoms with Crippen molar-refractivity contribution in [3.05, 3.63) is 84.4 Å². The maximum Gasteiger partial charge on any atom is 0.321 e. The number of morpholine rings is 1. The number of carbonyl (C=O) groups excluding carboxylic acids is 3. The lowest BCUT2D eigenvalue weighted by Crippen LogP contribution is -2.51. The number of nitrogens with zero attached hydrogens (tertiary/aromatic N) is 4. The molecule has 0 saturated carbocycles. The highest BCUT2D eigenvalue weighted by Gasteiger charge is 2.35. The van der Waals surface area contributed by atoms with Crippen LogP contribution in [-0.4, -0.2) is 88.2 Å². The number of aliphatic imine (C=N–C) groups is 1. The second kappa shape index (κ2) is 13.3. The zero-order valence-electron chi connectivity index (χ0n) is 23.7. The van der Waals surface area contributed by atoms with E-state index in [1.165, 1.54) is 16.9 Å². The highest BCUT2D eigenvalue weighted by Crippen LogP contribution is 2.27. The first kappa shape index (κ1) is 28.8. The maximum atomic E-state index is 14.1. The fourth-order valence-electron chi connectivity index (χ4n) is 4.88. The smallest absolute Gasteiger partial charge is 0.321 e. The molecular weight excluding hydrogens is 536 g/mol. The largest absolute Gasteiger partial charge is 0.497 e. The number of fused-ring (bicyclic) bond motifs is 1. The lowest BCUT2D eigenvalue weighted by atomic mass is 10.1. The fraction of sp³-hybridized carbons (Fsp3) is 0.290. The van der Waals surface area contributed by atoms with Gasteiger partial charge < -0.3 is 25.0 Å². The third-order valence-electron chi connectivity index (χ3n) is 7.17. The van der Waals surface area contributed by atoms with Crippen molar-refractivity contribution < 1.29 is 23.9 Å². The quantitative estimate of drug-likeness (QED) is 0.430. The third-order valence-corrected chi connectivity index (χ3v) is 7.17. The third kappa shape index (κ3) is 6.76. The summed E-state index contributed by atoms with van der Waals surface area (Å²) in [5.74, 6) is -0.234. The van der Waals surface area contributed by atoms with Gasteiger partial charge in [0.05, 0.1) is 31.7 Å². The first-order chi connectivity index (χ1) is 20.4. The molecular formula is C31H34N6O5. The molecule has 1 fully saturated rings. The predicted molar refractivity (Wildman–Crippen MR) is 161 cm³/mol. The van der Waals surface area contributed by atoms with Gasteiger partial charge >= 0.3 is 6.03 Å². The molecule has 0 radical (unpaired) electrons. The normalized spacial score (nSPS) is 17.0. The Kier molecular flexibility index (Phi) is 9.10.